The molecule has 280 valence electrons. The zero-order valence-electron chi connectivity index (χ0n) is 26.4. The molecule has 0 atom stereocenters. The summed E-state index contributed by atoms with van der Waals surface area (Å²) in [7, 11) is 0.722. The molecule has 4 nitrogen and oxygen atoms in total. The van der Waals surface area contributed by atoms with Crippen molar-refractivity contribution in [2.45, 2.75) is 6.54 Å². The van der Waals surface area contributed by atoms with Crippen LogP contribution in [-0.4, -0.2) is 21.4 Å². The van der Waals surface area contributed by atoms with Crippen LogP contribution in [0.15, 0.2) is 60.7 Å². The first kappa shape index (κ1) is 40.2. The molecule has 0 N–H and O–H groups in total. The normalized spacial score (nSPS) is 11.2. The zero-order valence-corrected chi connectivity index (χ0v) is 26.4. The van der Waals surface area contributed by atoms with Gasteiger partial charge in [0.15, 0.2) is 17.2 Å². The summed E-state index contributed by atoms with van der Waals surface area (Å²) in [6.07, 6.45) is 0. The second-order valence-corrected chi connectivity index (χ2v) is 11.0. The molecule has 0 bridgehead atoms. The maximum absolute atomic E-state index is 13.9. The molecule has 0 fully saturated rings. The summed E-state index contributed by atoms with van der Waals surface area (Å²) in [5, 5.41) is 0. The molecule has 0 aliphatic carbocycles. The van der Waals surface area contributed by atoms with E-state index < -0.39 is 112 Å². The van der Waals surface area contributed by atoms with Crippen molar-refractivity contribution in [3.05, 3.63) is 153 Å². The molecule has 0 aliphatic heterocycles. The topological polar surface area (TPSA) is 27.7 Å². The molecule has 0 spiro atoms. The van der Waals surface area contributed by atoms with Gasteiger partial charge in [-0.2, -0.15) is 26.3 Å². The molecule has 20 heteroatoms. The standard InChI is InChI=1S/C18BF15O3.C15H18N/c20-1-4(23)10(29)16(11(30)5(1)24)35-19(36-17-12(31)6(25)2(21)7(26)13(17)32)37-18-14(33)8(27)3(22)9(28)15(18)34;1-16(2,15-11-7-4-8-12-15)13-14-9-5-3-6-10-14/h;3-12H,13H2,1-2H3/q;+1. The molecule has 0 heterocycles. The van der Waals surface area contributed by atoms with Gasteiger partial charge in [0, 0.05) is 5.56 Å². The Morgan fingerprint density at radius 2 is 0.623 bits per heavy atom. The fraction of sp³-hybridized carbons (Fsp3) is 0.0909. The van der Waals surface area contributed by atoms with Gasteiger partial charge in [-0.05, 0) is 12.1 Å². The fourth-order valence-corrected chi connectivity index (χ4v) is 4.39. The molecular formula is C33H18BF15NO3+. The van der Waals surface area contributed by atoms with Crippen LogP contribution in [0.1, 0.15) is 5.56 Å². The molecule has 5 aromatic carbocycles. The maximum atomic E-state index is 13.9. The molecule has 0 saturated heterocycles. The minimum absolute atomic E-state index is 0.880. The second-order valence-electron chi connectivity index (χ2n) is 11.0. The van der Waals surface area contributed by atoms with Gasteiger partial charge in [-0.15, -0.1) is 0 Å². The molecule has 5 aromatic rings. The number of nitrogens with zero attached hydrogens (tertiary/aromatic N) is 1. The van der Waals surface area contributed by atoms with Gasteiger partial charge < -0.3 is 14.0 Å². The highest BCUT2D eigenvalue weighted by Crippen LogP contribution is 2.35. The van der Waals surface area contributed by atoms with Crippen LogP contribution in [0.3, 0.4) is 0 Å². The van der Waals surface area contributed by atoms with Crippen molar-refractivity contribution in [3.8, 4) is 17.2 Å². The number of benzene rings is 5. The summed E-state index contributed by atoms with van der Waals surface area (Å²) in [4.78, 5) is 0. The molecule has 0 saturated carbocycles. The summed E-state index contributed by atoms with van der Waals surface area (Å²) in [5.41, 5.74) is 2.71. The van der Waals surface area contributed by atoms with E-state index in [-0.39, 0.29) is 0 Å². The van der Waals surface area contributed by atoms with E-state index in [2.05, 4.69) is 88.7 Å². The second kappa shape index (κ2) is 16.0. The van der Waals surface area contributed by atoms with Crippen LogP contribution in [0, 0.1) is 87.3 Å². The van der Waals surface area contributed by atoms with Crippen LogP contribution in [0.2, 0.25) is 0 Å². The van der Waals surface area contributed by atoms with Crippen LogP contribution in [0.5, 0.6) is 17.2 Å². The highest BCUT2D eigenvalue weighted by atomic mass is 19.2. The van der Waals surface area contributed by atoms with Crippen LogP contribution in [0.4, 0.5) is 71.5 Å². The van der Waals surface area contributed by atoms with Gasteiger partial charge in [0.1, 0.15) is 12.2 Å². The smallest absolute Gasteiger partial charge is 0.484 e. The molecule has 0 aliphatic rings. The molecule has 0 amide bonds. The number of para-hydroxylation sites is 1. The molecular weight excluding hydrogens is 754 g/mol. The highest BCUT2D eigenvalue weighted by Gasteiger charge is 2.42. The lowest BCUT2D eigenvalue weighted by Crippen LogP contribution is -2.39. The van der Waals surface area contributed by atoms with Crippen LogP contribution < -0.4 is 18.4 Å². The molecule has 5 rings (SSSR count). The lowest BCUT2D eigenvalue weighted by atomic mass is 10.1. The van der Waals surface area contributed by atoms with E-state index in [0.29, 0.717) is 0 Å². The number of quaternary nitrogens is 1. The van der Waals surface area contributed by atoms with Crippen molar-refractivity contribution in [2.75, 3.05) is 14.1 Å². The number of halogens is 15. The predicted molar refractivity (Wildman–Crippen MR) is 157 cm³/mol. The van der Waals surface area contributed by atoms with Crippen LogP contribution >= 0.6 is 0 Å². The Morgan fingerprint density at radius 1 is 0.377 bits per heavy atom. The molecule has 0 aromatic heterocycles. The van der Waals surface area contributed by atoms with Gasteiger partial charge in [-0.1, -0.05) is 48.5 Å². The maximum Gasteiger partial charge on any atom is 0.864 e. The Labute approximate surface area is 288 Å². The molecule has 53 heavy (non-hydrogen) atoms. The van der Waals surface area contributed by atoms with Crippen molar-refractivity contribution in [1.82, 2.24) is 4.48 Å². The molecule has 0 unspecified atom stereocenters. The summed E-state index contributed by atoms with van der Waals surface area (Å²) in [5.74, 6) is -50.0. The Balaban J connectivity index is 0.000000324. The van der Waals surface area contributed by atoms with Gasteiger partial charge in [-0.3, -0.25) is 4.48 Å². The average Bonchev–Trinajstić information content (AvgIpc) is 3.15. The summed E-state index contributed by atoms with van der Waals surface area (Å²) in [6, 6.07) is 21.2. The third kappa shape index (κ3) is 8.26. The molecule has 0 radical (unpaired) electrons. The van der Waals surface area contributed by atoms with E-state index in [1.165, 1.54) is 11.3 Å². The third-order valence-electron chi connectivity index (χ3n) is 7.03. The Morgan fingerprint density at radius 3 is 0.906 bits per heavy atom. The van der Waals surface area contributed by atoms with E-state index in [0.717, 1.165) is 11.0 Å². The first-order chi connectivity index (χ1) is 24.8. The zero-order chi connectivity index (χ0) is 39.5. The van der Waals surface area contributed by atoms with Gasteiger partial charge in [-0.25, -0.2) is 39.5 Å². The Bertz CT molecular complexity index is 1880. The summed E-state index contributed by atoms with van der Waals surface area (Å²) < 4.78 is 216. The summed E-state index contributed by atoms with van der Waals surface area (Å²) in [6.45, 7) is 1.02. The van der Waals surface area contributed by atoms with Crippen LogP contribution in [-0.2, 0) is 6.54 Å². The van der Waals surface area contributed by atoms with E-state index >= 15 is 0 Å². The Hall–Kier alpha value is -5.53. The Kier molecular flexibility index (Phi) is 12.2. The minimum atomic E-state index is -3.75. The van der Waals surface area contributed by atoms with E-state index in [9.17, 15) is 65.9 Å². The van der Waals surface area contributed by atoms with Crippen molar-refractivity contribution in [2.24, 2.45) is 0 Å². The fourth-order valence-electron chi connectivity index (χ4n) is 4.39. The first-order valence-electron chi connectivity index (χ1n) is 14.3. The third-order valence-corrected chi connectivity index (χ3v) is 7.03. The quantitative estimate of drug-likeness (QED) is 0.0491. The van der Waals surface area contributed by atoms with Crippen LogP contribution in [0.25, 0.3) is 0 Å². The van der Waals surface area contributed by atoms with Crippen molar-refractivity contribution < 1.29 is 79.8 Å². The average molecular weight is 772 g/mol. The van der Waals surface area contributed by atoms with Crippen molar-refractivity contribution in [1.29, 1.82) is 0 Å². The van der Waals surface area contributed by atoms with E-state index in [4.69, 9.17) is 0 Å². The van der Waals surface area contributed by atoms with Crippen molar-refractivity contribution in [3.63, 3.8) is 0 Å². The highest BCUT2D eigenvalue weighted by molar-refractivity contribution is 6.39. The largest absolute Gasteiger partial charge is 0.864 e. The minimum Gasteiger partial charge on any atom is -0.484 e. The lowest BCUT2D eigenvalue weighted by molar-refractivity contribution is 0.247. The van der Waals surface area contributed by atoms with Gasteiger partial charge in [0.2, 0.25) is 87.3 Å². The van der Waals surface area contributed by atoms with E-state index in [1.807, 2.05) is 0 Å². The monoisotopic (exact) mass is 772 g/mol. The van der Waals surface area contributed by atoms with Gasteiger partial charge in [0.05, 0.1) is 14.1 Å². The first-order valence-corrected chi connectivity index (χ1v) is 14.3. The number of rotatable bonds is 9. The van der Waals surface area contributed by atoms with Gasteiger partial charge in [0.25, 0.3) is 0 Å². The van der Waals surface area contributed by atoms with E-state index in [1.54, 1.807) is 0 Å². The van der Waals surface area contributed by atoms with Crippen molar-refractivity contribution >= 4 is 13.0 Å². The SMILES string of the molecule is C[N+](C)(Cc1ccccc1)c1ccccc1.Fc1c(F)c(F)c(OB(Oc2c(F)c(F)c(F)c(F)c2F)Oc2c(F)c(F)c(F)c(F)c2F)c(F)c1F. The number of hydrogen-bond acceptors (Lipinski definition) is 3. The lowest BCUT2D eigenvalue weighted by Gasteiger charge is -2.29. The number of hydrogen-bond donors (Lipinski definition) is 0. The van der Waals surface area contributed by atoms with Gasteiger partial charge >= 0.3 is 7.32 Å². The summed E-state index contributed by atoms with van der Waals surface area (Å²) >= 11 is 0. The predicted octanol–water partition coefficient (Wildman–Crippen LogP) is 9.75.